The van der Waals surface area contributed by atoms with E-state index in [4.69, 9.17) is 21.1 Å². The van der Waals surface area contributed by atoms with Crippen molar-refractivity contribution in [2.45, 2.75) is 44.5 Å². The van der Waals surface area contributed by atoms with E-state index in [1.165, 1.54) is 0 Å². The Hall–Kier alpha value is -1.98. The molecule has 2 aliphatic heterocycles. The molecule has 3 rings (SSSR count). The van der Waals surface area contributed by atoms with E-state index in [9.17, 15) is 15.0 Å². The number of cyclic esters (lactones) is 1. The number of ether oxygens (including phenoxy) is 2. The maximum absolute atomic E-state index is 12.5. The van der Waals surface area contributed by atoms with Gasteiger partial charge in [0.2, 0.25) is 0 Å². The second kappa shape index (κ2) is 6.87. The number of phenolic OH excluding ortho intramolecular Hbond substituents is 2. The van der Waals surface area contributed by atoms with Crippen LogP contribution in [-0.2, 0) is 15.9 Å². The number of phenols is 2. The third-order valence-electron chi connectivity index (χ3n) is 4.13. The van der Waals surface area contributed by atoms with E-state index in [1.807, 2.05) is 24.3 Å². The minimum atomic E-state index is -0.648. The van der Waals surface area contributed by atoms with Gasteiger partial charge in [0.05, 0.1) is 11.1 Å². The predicted molar refractivity (Wildman–Crippen MR) is 89.5 cm³/mol. The lowest BCUT2D eigenvalue weighted by molar-refractivity contribution is 0.0305. The van der Waals surface area contributed by atoms with Gasteiger partial charge in [-0.3, -0.25) is 0 Å². The minimum Gasteiger partial charge on any atom is -0.507 e. The highest BCUT2D eigenvalue weighted by Crippen LogP contribution is 2.38. The third kappa shape index (κ3) is 3.57. The summed E-state index contributed by atoms with van der Waals surface area (Å²) in [6.45, 7) is 1.78. The van der Waals surface area contributed by atoms with Gasteiger partial charge in [-0.1, -0.05) is 35.9 Å². The summed E-state index contributed by atoms with van der Waals surface area (Å²) in [5.41, 5.74) is 0.400. The van der Waals surface area contributed by atoms with Gasteiger partial charge in [0.1, 0.15) is 29.3 Å². The molecule has 128 valence electrons. The van der Waals surface area contributed by atoms with Crippen LogP contribution in [0.1, 0.15) is 35.7 Å². The van der Waals surface area contributed by atoms with E-state index in [0.717, 1.165) is 6.07 Å². The first-order valence-electron chi connectivity index (χ1n) is 7.90. The van der Waals surface area contributed by atoms with Crippen molar-refractivity contribution in [3.05, 3.63) is 46.5 Å². The Kier molecular flexibility index (Phi) is 4.83. The number of allylic oxidation sites excluding steroid dienone is 3. The molecule has 0 amide bonds. The fourth-order valence-corrected chi connectivity index (χ4v) is 3.10. The second-order valence-corrected chi connectivity index (χ2v) is 6.40. The van der Waals surface area contributed by atoms with Crippen LogP contribution in [0.2, 0.25) is 5.02 Å². The van der Waals surface area contributed by atoms with E-state index in [2.05, 4.69) is 0 Å². The number of aromatic hydroxyl groups is 2. The maximum Gasteiger partial charge on any atom is 0.342 e. The van der Waals surface area contributed by atoms with Crippen LogP contribution < -0.4 is 0 Å². The lowest BCUT2D eigenvalue weighted by Crippen LogP contribution is -2.19. The van der Waals surface area contributed by atoms with Crippen molar-refractivity contribution in [2.75, 3.05) is 0 Å². The van der Waals surface area contributed by atoms with Crippen molar-refractivity contribution in [3.8, 4) is 11.5 Å². The van der Waals surface area contributed by atoms with Gasteiger partial charge in [0, 0.05) is 12.5 Å². The lowest BCUT2D eigenvalue weighted by Gasteiger charge is -2.17. The Balaban J connectivity index is 1.95. The molecule has 2 aliphatic rings. The number of benzene rings is 1. The number of hydrogen-bond donors (Lipinski definition) is 2. The van der Waals surface area contributed by atoms with Crippen LogP contribution in [0.3, 0.4) is 0 Å². The summed E-state index contributed by atoms with van der Waals surface area (Å²) in [5.74, 6) is -1.24. The van der Waals surface area contributed by atoms with E-state index >= 15 is 0 Å². The number of hydrogen-bond acceptors (Lipinski definition) is 5. The fraction of sp³-hybridized carbons (Fsp3) is 0.389. The van der Waals surface area contributed by atoms with Crippen LogP contribution in [0.5, 0.6) is 11.5 Å². The highest BCUT2D eigenvalue weighted by atomic mass is 35.5. The van der Waals surface area contributed by atoms with Gasteiger partial charge in [-0.15, -0.1) is 0 Å². The molecule has 0 saturated carbocycles. The highest BCUT2D eigenvalue weighted by molar-refractivity contribution is 6.33. The van der Waals surface area contributed by atoms with Crippen molar-refractivity contribution >= 4 is 17.6 Å². The van der Waals surface area contributed by atoms with Gasteiger partial charge in [0.15, 0.2) is 0 Å². The van der Waals surface area contributed by atoms with Crippen LogP contribution in [0.25, 0.3) is 0 Å². The average Bonchev–Trinajstić information content (AvgIpc) is 3.24. The van der Waals surface area contributed by atoms with Crippen LogP contribution in [0.15, 0.2) is 30.4 Å². The Bertz CT molecular complexity index is 710. The molecular weight excluding hydrogens is 332 g/mol. The molecule has 0 aromatic heterocycles. The maximum atomic E-state index is 12.5. The SMILES string of the molecule is CC1CC2OC2/C=C/C=C/CCc2c(Cl)c(O)cc(O)c2C(=O)O1. The molecule has 0 radical (unpaired) electrons. The van der Waals surface area contributed by atoms with E-state index in [1.54, 1.807) is 6.92 Å². The van der Waals surface area contributed by atoms with E-state index < -0.39 is 5.97 Å². The summed E-state index contributed by atoms with van der Waals surface area (Å²) in [5, 5.41) is 20.0. The van der Waals surface area contributed by atoms with Gasteiger partial charge >= 0.3 is 5.97 Å². The summed E-state index contributed by atoms with van der Waals surface area (Å²) >= 11 is 6.14. The summed E-state index contributed by atoms with van der Waals surface area (Å²) in [7, 11) is 0. The van der Waals surface area contributed by atoms with Gasteiger partial charge < -0.3 is 19.7 Å². The molecule has 2 N–H and O–H groups in total. The fourth-order valence-electron chi connectivity index (χ4n) is 2.85. The molecule has 0 spiro atoms. The molecule has 0 aliphatic carbocycles. The Morgan fingerprint density at radius 3 is 2.83 bits per heavy atom. The zero-order chi connectivity index (χ0) is 17.3. The molecule has 2 heterocycles. The van der Waals surface area contributed by atoms with Crippen molar-refractivity contribution in [1.82, 2.24) is 0 Å². The summed E-state index contributed by atoms with van der Waals surface area (Å²) in [4.78, 5) is 12.5. The number of halogens is 1. The van der Waals surface area contributed by atoms with E-state index in [-0.39, 0.29) is 40.4 Å². The Morgan fingerprint density at radius 1 is 1.25 bits per heavy atom. The van der Waals surface area contributed by atoms with Gasteiger partial charge in [-0.05, 0) is 25.3 Å². The lowest BCUT2D eigenvalue weighted by atomic mass is 10.0. The number of fused-ring (bicyclic) bond motifs is 2. The van der Waals surface area contributed by atoms with Crippen LogP contribution in [-0.4, -0.2) is 34.5 Å². The monoisotopic (exact) mass is 350 g/mol. The topological polar surface area (TPSA) is 79.3 Å². The number of rotatable bonds is 0. The normalized spacial score (nSPS) is 29.6. The van der Waals surface area contributed by atoms with Crippen molar-refractivity contribution in [1.29, 1.82) is 0 Å². The van der Waals surface area contributed by atoms with Gasteiger partial charge in [0.25, 0.3) is 0 Å². The van der Waals surface area contributed by atoms with Crippen molar-refractivity contribution in [3.63, 3.8) is 0 Å². The smallest absolute Gasteiger partial charge is 0.342 e. The molecule has 3 unspecified atom stereocenters. The Labute approximate surface area is 145 Å². The zero-order valence-corrected chi connectivity index (χ0v) is 14.0. The van der Waals surface area contributed by atoms with Crippen molar-refractivity contribution < 1.29 is 24.5 Å². The Morgan fingerprint density at radius 2 is 2.04 bits per heavy atom. The molecular formula is C18H19ClO5. The number of esters is 1. The number of carbonyl (C=O) groups is 1. The summed E-state index contributed by atoms with van der Waals surface area (Å²) < 4.78 is 10.9. The highest BCUT2D eigenvalue weighted by Gasteiger charge is 2.38. The molecule has 0 bridgehead atoms. The zero-order valence-electron chi connectivity index (χ0n) is 13.2. The first kappa shape index (κ1) is 16.9. The molecule has 24 heavy (non-hydrogen) atoms. The standard InChI is InChI=1S/C18H19ClO5/c1-10-8-15-14(24-15)7-5-3-2-4-6-11-16(18(22)23-10)12(20)9-13(21)17(11)19/h2-3,5,7,9-10,14-15,20-21H,4,6,8H2,1H3/b3-2+,7-5+. The molecule has 1 saturated heterocycles. The van der Waals surface area contributed by atoms with Crippen molar-refractivity contribution in [2.24, 2.45) is 0 Å². The summed E-state index contributed by atoms with van der Waals surface area (Å²) in [6, 6.07) is 1.06. The van der Waals surface area contributed by atoms with E-state index in [0.29, 0.717) is 24.8 Å². The largest absolute Gasteiger partial charge is 0.507 e. The number of carbonyl (C=O) groups excluding carboxylic acids is 1. The summed E-state index contributed by atoms with van der Waals surface area (Å²) in [6.07, 6.45) is 9.03. The van der Waals surface area contributed by atoms with Gasteiger partial charge in [-0.2, -0.15) is 0 Å². The first-order chi connectivity index (χ1) is 11.5. The quantitative estimate of drug-likeness (QED) is 0.553. The molecule has 3 atom stereocenters. The molecule has 6 heteroatoms. The number of epoxide rings is 1. The van der Waals surface area contributed by atoms with Gasteiger partial charge in [-0.25, -0.2) is 4.79 Å². The van der Waals surface area contributed by atoms with Crippen LogP contribution in [0, 0.1) is 0 Å². The molecule has 5 nitrogen and oxygen atoms in total. The van der Waals surface area contributed by atoms with Crippen LogP contribution >= 0.6 is 11.6 Å². The molecule has 1 fully saturated rings. The van der Waals surface area contributed by atoms with Crippen LogP contribution in [0.4, 0.5) is 0 Å². The average molecular weight is 351 g/mol. The molecule has 1 aromatic carbocycles. The second-order valence-electron chi connectivity index (χ2n) is 6.02. The predicted octanol–water partition coefficient (Wildman–Crippen LogP) is 3.51. The third-order valence-corrected chi connectivity index (χ3v) is 4.55. The first-order valence-corrected chi connectivity index (χ1v) is 8.28. The minimum absolute atomic E-state index is 0.0129. The molecule has 1 aromatic rings.